The average molecular weight is 257 g/mol. The standard InChI is InChI=1S/C14H11NO4/c1-10-2-4-11(5-3-10)13(16)8-6-12-7-9-14(19-12)15(17)18/h2-9H,1H3/b8-6-. The minimum absolute atomic E-state index is 0.181. The minimum atomic E-state index is -0.626. The zero-order chi connectivity index (χ0) is 13.8. The third-order valence-electron chi connectivity index (χ3n) is 2.53. The van der Waals surface area contributed by atoms with E-state index in [9.17, 15) is 14.9 Å². The van der Waals surface area contributed by atoms with Crippen LogP contribution in [0.2, 0.25) is 0 Å². The molecule has 0 unspecified atom stereocenters. The Morgan fingerprint density at radius 1 is 1.21 bits per heavy atom. The molecule has 0 fully saturated rings. The van der Waals surface area contributed by atoms with Crippen LogP contribution in [-0.4, -0.2) is 10.7 Å². The number of allylic oxidation sites excluding steroid dienone is 1. The van der Waals surface area contributed by atoms with Crippen molar-refractivity contribution in [3.63, 3.8) is 0 Å². The number of furan rings is 1. The lowest BCUT2D eigenvalue weighted by Gasteiger charge is -1.95. The summed E-state index contributed by atoms with van der Waals surface area (Å²) in [4.78, 5) is 21.6. The van der Waals surface area contributed by atoms with Gasteiger partial charge in [0, 0.05) is 5.56 Å². The lowest BCUT2D eigenvalue weighted by molar-refractivity contribution is -0.402. The maximum Gasteiger partial charge on any atom is 0.433 e. The van der Waals surface area contributed by atoms with Crippen LogP contribution in [-0.2, 0) is 0 Å². The Balaban J connectivity index is 2.11. The molecule has 0 bridgehead atoms. The Bertz CT molecular complexity index is 638. The van der Waals surface area contributed by atoms with Gasteiger partial charge in [-0.2, -0.15) is 0 Å². The van der Waals surface area contributed by atoms with E-state index in [1.807, 2.05) is 19.1 Å². The molecule has 5 nitrogen and oxygen atoms in total. The monoisotopic (exact) mass is 257 g/mol. The molecule has 0 N–H and O–H groups in total. The van der Waals surface area contributed by atoms with Gasteiger partial charge in [-0.3, -0.25) is 14.9 Å². The van der Waals surface area contributed by atoms with Crippen LogP contribution < -0.4 is 0 Å². The molecule has 5 heteroatoms. The van der Waals surface area contributed by atoms with Crippen LogP contribution in [0.25, 0.3) is 6.08 Å². The van der Waals surface area contributed by atoms with Gasteiger partial charge < -0.3 is 4.42 Å². The van der Waals surface area contributed by atoms with E-state index >= 15 is 0 Å². The Morgan fingerprint density at radius 2 is 1.89 bits per heavy atom. The number of benzene rings is 1. The maximum absolute atomic E-state index is 11.8. The van der Waals surface area contributed by atoms with Crippen molar-refractivity contribution in [2.24, 2.45) is 0 Å². The van der Waals surface area contributed by atoms with Gasteiger partial charge in [0.15, 0.2) is 5.78 Å². The first-order chi connectivity index (χ1) is 9.06. The predicted molar refractivity (Wildman–Crippen MR) is 69.9 cm³/mol. The molecule has 0 amide bonds. The first-order valence-electron chi connectivity index (χ1n) is 5.59. The van der Waals surface area contributed by atoms with E-state index in [0.717, 1.165) is 5.56 Å². The summed E-state index contributed by atoms with van der Waals surface area (Å²) in [5, 5.41) is 10.4. The summed E-state index contributed by atoms with van der Waals surface area (Å²) in [6, 6.07) is 9.84. The number of rotatable bonds is 4. The van der Waals surface area contributed by atoms with Crippen molar-refractivity contribution in [3.8, 4) is 0 Å². The Hall–Kier alpha value is -2.69. The van der Waals surface area contributed by atoms with Crippen LogP contribution in [0.5, 0.6) is 0 Å². The molecule has 0 saturated heterocycles. The highest BCUT2D eigenvalue weighted by molar-refractivity contribution is 6.06. The van der Waals surface area contributed by atoms with Gasteiger partial charge in [-0.05, 0) is 25.1 Å². The van der Waals surface area contributed by atoms with Crippen molar-refractivity contribution in [3.05, 3.63) is 69.5 Å². The van der Waals surface area contributed by atoms with Crippen molar-refractivity contribution in [1.29, 1.82) is 0 Å². The summed E-state index contributed by atoms with van der Waals surface area (Å²) >= 11 is 0. The van der Waals surface area contributed by atoms with Gasteiger partial charge >= 0.3 is 5.88 Å². The summed E-state index contributed by atoms with van der Waals surface area (Å²) < 4.78 is 4.91. The highest BCUT2D eigenvalue weighted by atomic mass is 16.6. The largest absolute Gasteiger partial charge is 0.433 e. The molecule has 1 aromatic carbocycles. The lowest BCUT2D eigenvalue weighted by Crippen LogP contribution is -1.93. The van der Waals surface area contributed by atoms with E-state index in [1.54, 1.807) is 12.1 Å². The van der Waals surface area contributed by atoms with Gasteiger partial charge in [-0.25, -0.2) is 0 Å². The Labute approximate surface area is 109 Å². The van der Waals surface area contributed by atoms with E-state index < -0.39 is 4.92 Å². The Kier molecular flexibility index (Phi) is 3.56. The normalized spacial score (nSPS) is 10.8. The first-order valence-corrected chi connectivity index (χ1v) is 5.59. The number of carbonyl (C=O) groups is 1. The molecule has 0 radical (unpaired) electrons. The van der Waals surface area contributed by atoms with Crippen molar-refractivity contribution in [2.45, 2.75) is 6.92 Å². The summed E-state index contributed by atoms with van der Waals surface area (Å²) in [5.74, 6) is -0.256. The molecule has 0 aliphatic carbocycles. The second-order valence-electron chi connectivity index (χ2n) is 4.00. The number of carbonyl (C=O) groups excluding carboxylic acids is 1. The zero-order valence-electron chi connectivity index (χ0n) is 10.2. The Morgan fingerprint density at radius 3 is 2.47 bits per heavy atom. The van der Waals surface area contributed by atoms with Crippen LogP contribution >= 0.6 is 0 Å². The van der Waals surface area contributed by atoms with Crippen molar-refractivity contribution in [1.82, 2.24) is 0 Å². The van der Waals surface area contributed by atoms with Gasteiger partial charge in [-0.15, -0.1) is 0 Å². The van der Waals surface area contributed by atoms with Crippen LogP contribution in [0.15, 0.2) is 46.9 Å². The van der Waals surface area contributed by atoms with E-state index in [0.29, 0.717) is 5.56 Å². The highest BCUT2D eigenvalue weighted by Crippen LogP contribution is 2.17. The molecule has 1 aromatic heterocycles. The van der Waals surface area contributed by atoms with Gasteiger partial charge in [0.2, 0.25) is 0 Å². The number of aryl methyl sites for hydroxylation is 1. The van der Waals surface area contributed by atoms with Crippen molar-refractivity contribution < 1.29 is 14.1 Å². The zero-order valence-corrected chi connectivity index (χ0v) is 10.2. The molecule has 2 rings (SSSR count). The predicted octanol–water partition coefficient (Wildman–Crippen LogP) is 3.39. The smallest absolute Gasteiger partial charge is 0.401 e. The van der Waals surface area contributed by atoms with Crippen LogP contribution in [0.3, 0.4) is 0 Å². The molecule has 0 atom stereocenters. The first kappa shape index (κ1) is 12.8. The van der Waals surface area contributed by atoms with Gasteiger partial charge in [0.1, 0.15) is 10.7 Å². The molecule has 96 valence electrons. The van der Waals surface area contributed by atoms with Crippen LogP contribution in [0, 0.1) is 17.0 Å². The average Bonchev–Trinajstić information content (AvgIpc) is 2.86. The molecular formula is C14H11NO4. The van der Waals surface area contributed by atoms with Crippen molar-refractivity contribution >= 4 is 17.7 Å². The van der Waals surface area contributed by atoms with Gasteiger partial charge in [0.05, 0.1) is 6.07 Å². The quantitative estimate of drug-likeness (QED) is 0.364. The fourth-order valence-corrected chi connectivity index (χ4v) is 1.50. The van der Waals surface area contributed by atoms with Crippen molar-refractivity contribution in [2.75, 3.05) is 0 Å². The number of nitro groups is 1. The molecule has 19 heavy (non-hydrogen) atoms. The SMILES string of the molecule is Cc1ccc(C(=O)/C=C\c2ccc([N+](=O)[O-])o2)cc1. The van der Waals surface area contributed by atoms with E-state index in [-0.39, 0.29) is 17.4 Å². The van der Waals surface area contributed by atoms with E-state index in [2.05, 4.69) is 0 Å². The second-order valence-corrected chi connectivity index (χ2v) is 4.00. The lowest BCUT2D eigenvalue weighted by atomic mass is 10.1. The number of hydrogen-bond acceptors (Lipinski definition) is 4. The summed E-state index contributed by atoms with van der Waals surface area (Å²) in [6.45, 7) is 1.94. The summed E-state index contributed by atoms with van der Waals surface area (Å²) in [7, 11) is 0. The maximum atomic E-state index is 11.8. The van der Waals surface area contributed by atoms with Crippen LogP contribution in [0.1, 0.15) is 21.7 Å². The second kappa shape index (κ2) is 5.30. The molecule has 2 aromatic rings. The summed E-state index contributed by atoms with van der Waals surface area (Å²) in [5.41, 5.74) is 1.63. The molecular weight excluding hydrogens is 246 g/mol. The summed E-state index contributed by atoms with van der Waals surface area (Å²) in [6.07, 6.45) is 2.74. The fourth-order valence-electron chi connectivity index (χ4n) is 1.50. The van der Waals surface area contributed by atoms with Gasteiger partial charge in [0.25, 0.3) is 0 Å². The topological polar surface area (TPSA) is 73.3 Å². The van der Waals surface area contributed by atoms with E-state index in [4.69, 9.17) is 4.42 Å². The minimum Gasteiger partial charge on any atom is -0.401 e. The third-order valence-corrected chi connectivity index (χ3v) is 2.53. The molecule has 0 spiro atoms. The number of nitrogens with zero attached hydrogens (tertiary/aromatic N) is 1. The van der Waals surface area contributed by atoms with Crippen LogP contribution in [0.4, 0.5) is 5.88 Å². The molecule has 1 heterocycles. The number of hydrogen-bond donors (Lipinski definition) is 0. The number of ketones is 1. The van der Waals surface area contributed by atoms with E-state index in [1.165, 1.54) is 24.3 Å². The molecule has 0 aliphatic rings. The fraction of sp³-hybridized carbons (Fsp3) is 0.0714. The molecule has 0 saturated carbocycles. The molecule has 0 aliphatic heterocycles. The highest BCUT2D eigenvalue weighted by Gasteiger charge is 2.10. The van der Waals surface area contributed by atoms with Gasteiger partial charge in [-0.1, -0.05) is 29.8 Å². The third kappa shape index (κ3) is 3.16.